The predicted octanol–water partition coefficient (Wildman–Crippen LogP) is 4.70. The van der Waals surface area contributed by atoms with Crippen LogP contribution in [-0.4, -0.2) is 28.6 Å². The molecular weight excluding hydrogens is 386 g/mol. The highest BCUT2D eigenvalue weighted by Crippen LogP contribution is 2.20. The van der Waals surface area contributed by atoms with Crippen molar-refractivity contribution in [2.75, 3.05) is 13.2 Å². The van der Waals surface area contributed by atoms with Gasteiger partial charge in [0.25, 0.3) is 5.91 Å². The lowest BCUT2D eigenvalue weighted by Crippen LogP contribution is -2.26. The molecule has 0 saturated carbocycles. The van der Waals surface area contributed by atoms with Crippen LogP contribution in [-0.2, 0) is 13.0 Å². The minimum absolute atomic E-state index is 0.0680. The average molecular weight is 414 g/mol. The van der Waals surface area contributed by atoms with E-state index in [1.54, 1.807) is 0 Å². The van der Waals surface area contributed by atoms with Crippen molar-refractivity contribution in [2.24, 2.45) is 0 Å². The van der Waals surface area contributed by atoms with E-state index < -0.39 is 0 Å². The first kappa shape index (κ1) is 20.7. The second-order valence-corrected chi connectivity index (χ2v) is 7.66. The number of aromatic nitrogens is 2. The zero-order valence-electron chi connectivity index (χ0n) is 18.0. The Bertz CT molecular complexity index is 1180. The fraction of sp³-hybridized carbons (Fsp3) is 0.231. The summed E-state index contributed by atoms with van der Waals surface area (Å²) in [5.41, 5.74) is 5.02. The number of imidazole rings is 1. The lowest BCUT2D eigenvalue weighted by molar-refractivity contribution is 0.0954. The number of nitrogens with zero attached hydrogens (tertiary/aromatic N) is 2. The number of rotatable bonds is 8. The molecule has 4 rings (SSSR count). The molecule has 1 amide bonds. The second-order valence-electron chi connectivity index (χ2n) is 7.66. The molecule has 0 fully saturated rings. The summed E-state index contributed by atoms with van der Waals surface area (Å²) in [5, 5.41) is 2.99. The number of amides is 1. The summed E-state index contributed by atoms with van der Waals surface area (Å²) in [6, 6.07) is 23.6. The lowest BCUT2D eigenvalue weighted by Gasteiger charge is -2.13. The Morgan fingerprint density at radius 1 is 1.00 bits per heavy atom. The average Bonchev–Trinajstić information content (AvgIpc) is 3.14. The molecule has 5 heteroatoms. The van der Waals surface area contributed by atoms with Crippen LogP contribution in [0.5, 0.6) is 5.75 Å². The van der Waals surface area contributed by atoms with Gasteiger partial charge in [0.05, 0.1) is 17.6 Å². The van der Waals surface area contributed by atoms with Gasteiger partial charge in [-0.15, -0.1) is 0 Å². The van der Waals surface area contributed by atoms with E-state index in [2.05, 4.69) is 48.0 Å². The number of fused-ring (bicyclic) bond motifs is 1. The van der Waals surface area contributed by atoms with E-state index >= 15 is 0 Å². The maximum absolute atomic E-state index is 12.3. The Morgan fingerprint density at radius 3 is 2.61 bits per heavy atom. The zero-order chi connectivity index (χ0) is 21.6. The summed E-state index contributed by atoms with van der Waals surface area (Å²) in [5.74, 6) is 1.79. The summed E-state index contributed by atoms with van der Waals surface area (Å²) in [6.45, 7) is 5.89. The highest BCUT2D eigenvalue weighted by Gasteiger charge is 2.12. The Morgan fingerprint density at radius 2 is 1.77 bits per heavy atom. The minimum atomic E-state index is -0.0680. The Hall–Kier alpha value is -3.60. The molecule has 31 heavy (non-hydrogen) atoms. The first-order valence-electron chi connectivity index (χ1n) is 10.6. The summed E-state index contributed by atoms with van der Waals surface area (Å²) >= 11 is 0. The third-order valence-electron chi connectivity index (χ3n) is 5.32. The van der Waals surface area contributed by atoms with Crippen LogP contribution < -0.4 is 10.1 Å². The van der Waals surface area contributed by atoms with Gasteiger partial charge in [0.2, 0.25) is 0 Å². The number of para-hydroxylation sites is 2. The second kappa shape index (κ2) is 9.47. The van der Waals surface area contributed by atoms with Crippen molar-refractivity contribution in [3.8, 4) is 5.75 Å². The molecular formula is C26H27N3O2. The molecule has 0 spiro atoms. The van der Waals surface area contributed by atoms with Gasteiger partial charge in [-0.1, -0.05) is 42.5 Å². The number of carbonyl (C=O) groups excluding carboxylic acids is 1. The van der Waals surface area contributed by atoms with Crippen LogP contribution in [0.4, 0.5) is 0 Å². The standard InChI is InChI=1S/C26H27N3O2/c1-19-12-13-20(2)24(18-19)31-17-16-29-23-11-7-6-10-22(23)28-25(29)14-15-27-26(30)21-8-4-3-5-9-21/h3-13,18H,14-17H2,1-2H3,(H,27,30). The molecule has 1 N–H and O–H groups in total. The quantitative estimate of drug-likeness (QED) is 0.455. The van der Waals surface area contributed by atoms with Crippen LogP contribution >= 0.6 is 0 Å². The van der Waals surface area contributed by atoms with Gasteiger partial charge in [-0.05, 0) is 55.3 Å². The summed E-state index contributed by atoms with van der Waals surface area (Å²) in [6.07, 6.45) is 0.650. The van der Waals surface area contributed by atoms with Crippen molar-refractivity contribution in [1.29, 1.82) is 0 Å². The highest BCUT2D eigenvalue weighted by atomic mass is 16.5. The van der Waals surface area contributed by atoms with E-state index in [0.717, 1.165) is 28.2 Å². The van der Waals surface area contributed by atoms with Crippen LogP contribution in [0.15, 0.2) is 72.8 Å². The number of carbonyl (C=O) groups is 1. The third kappa shape index (κ3) is 4.94. The molecule has 1 heterocycles. The largest absolute Gasteiger partial charge is 0.491 e. The van der Waals surface area contributed by atoms with Crippen molar-refractivity contribution >= 4 is 16.9 Å². The van der Waals surface area contributed by atoms with Gasteiger partial charge in [0, 0.05) is 18.5 Å². The third-order valence-corrected chi connectivity index (χ3v) is 5.32. The van der Waals surface area contributed by atoms with E-state index in [-0.39, 0.29) is 5.91 Å². The molecule has 1 aromatic heterocycles. The van der Waals surface area contributed by atoms with Gasteiger partial charge in [0.1, 0.15) is 18.2 Å². The molecule has 158 valence electrons. The maximum Gasteiger partial charge on any atom is 0.251 e. The van der Waals surface area contributed by atoms with Crippen molar-refractivity contribution in [2.45, 2.75) is 26.8 Å². The molecule has 4 aromatic rings. The maximum atomic E-state index is 12.3. The molecule has 0 aliphatic rings. The molecule has 5 nitrogen and oxygen atoms in total. The predicted molar refractivity (Wildman–Crippen MR) is 124 cm³/mol. The van der Waals surface area contributed by atoms with Gasteiger partial charge in [-0.3, -0.25) is 4.79 Å². The smallest absolute Gasteiger partial charge is 0.251 e. The monoisotopic (exact) mass is 413 g/mol. The van der Waals surface area contributed by atoms with E-state index in [1.807, 2.05) is 48.5 Å². The van der Waals surface area contributed by atoms with Gasteiger partial charge in [-0.2, -0.15) is 0 Å². The fourth-order valence-corrected chi connectivity index (χ4v) is 3.65. The minimum Gasteiger partial charge on any atom is -0.491 e. The van der Waals surface area contributed by atoms with Crippen LogP contribution in [0, 0.1) is 13.8 Å². The van der Waals surface area contributed by atoms with Crippen molar-refractivity contribution in [1.82, 2.24) is 14.9 Å². The number of benzene rings is 3. The molecule has 0 unspecified atom stereocenters. The molecule has 0 radical (unpaired) electrons. The number of hydrogen-bond donors (Lipinski definition) is 1. The first-order chi connectivity index (χ1) is 15.1. The van der Waals surface area contributed by atoms with Gasteiger partial charge < -0.3 is 14.6 Å². The molecule has 0 saturated heterocycles. The molecule has 0 aliphatic carbocycles. The van der Waals surface area contributed by atoms with Crippen molar-refractivity contribution < 1.29 is 9.53 Å². The summed E-state index contributed by atoms with van der Waals surface area (Å²) < 4.78 is 8.27. The van der Waals surface area contributed by atoms with E-state index in [0.29, 0.717) is 31.7 Å². The Labute approximate surface area is 182 Å². The first-order valence-corrected chi connectivity index (χ1v) is 10.6. The van der Waals surface area contributed by atoms with Gasteiger partial charge in [0.15, 0.2) is 0 Å². The van der Waals surface area contributed by atoms with Crippen LogP contribution in [0.2, 0.25) is 0 Å². The van der Waals surface area contributed by atoms with Crippen LogP contribution in [0.25, 0.3) is 11.0 Å². The zero-order valence-corrected chi connectivity index (χ0v) is 18.0. The van der Waals surface area contributed by atoms with E-state index in [9.17, 15) is 4.79 Å². The number of ether oxygens (including phenoxy) is 1. The van der Waals surface area contributed by atoms with Gasteiger partial charge in [-0.25, -0.2) is 4.98 Å². The molecule has 0 atom stereocenters. The summed E-state index contributed by atoms with van der Waals surface area (Å²) in [4.78, 5) is 17.1. The molecule has 0 aliphatic heterocycles. The van der Waals surface area contributed by atoms with Crippen LogP contribution in [0.3, 0.4) is 0 Å². The number of hydrogen-bond acceptors (Lipinski definition) is 3. The van der Waals surface area contributed by atoms with E-state index in [1.165, 1.54) is 5.56 Å². The fourth-order valence-electron chi connectivity index (χ4n) is 3.65. The van der Waals surface area contributed by atoms with Crippen LogP contribution in [0.1, 0.15) is 27.3 Å². The van der Waals surface area contributed by atoms with Crippen molar-refractivity contribution in [3.05, 3.63) is 95.3 Å². The number of aryl methyl sites for hydroxylation is 2. The topological polar surface area (TPSA) is 56.1 Å². The Balaban J connectivity index is 1.44. The van der Waals surface area contributed by atoms with Gasteiger partial charge >= 0.3 is 0 Å². The normalized spacial score (nSPS) is 10.9. The van der Waals surface area contributed by atoms with E-state index in [4.69, 9.17) is 9.72 Å². The Kier molecular flexibility index (Phi) is 6.32. The lowest BCUT2D eigenvalue weighted by atomic mass is 10.1. The molecule has 3 aromatic carbocycles. The number of nitrogens with one attached hydrogen (secondary N) is 1. The summed E-state index contributed by atoms with van der Waals surface area (Å²) in [7, 11) is 0. The van der Waals surface area contributed by atoms with Crippen molar-refractivity contribution in [3.63, 3.8) is 0 Å². The SMILES string of the molecule is Cc1ccc(C)c(OCCn2c(CCNC(=O)c3ccccc3)nc3ccccc32)c1. The highest BCUT2D eigenvalue weighted by molar-refractivity contribution is 5.94. The molecule has 0 bridgehead atoms.